The number of benzene rings is 1. The Labute approximate surface area is 94.1 Å². The Bertz CT molecular complexity index is 434. The Balaban J connectivity index is 3.05. The molecule has 0 saturated heterocycles. The zero-order valence-corrected chi connectivity index (χ0v) is 9.23. The number of nitrogens with zero attached hydrogens (tertiary/aromatic N) is 1. The van der Waals surface area contributed by atoms with Crippen LogP contribution < -0.4 is 4.74 Å². The van der Waals surface area contributed by atoms with Crippen LogP contribution >= 0.6 is 0 Å². The number of nitriles is 1. The number of hydrogen-bond donors (Lipinski definition) is 1. The highest BCUT2D eigenvalue weighted by molar-refractivity contribution is 6.00. The number of Topliss-reactive ketones (excluding diaryl/α,β-unsaturated/α-hetero) is 1. The zero-order chi connectivity index (χ0) is 12.1. The van der Waals surface area contributed by atoms with Crippen molar-refractivity contribution >= 4 is 5.78 Å². The normalized spacial score (nSPS) is 11.6. The number of phenolic OH excluding ortho intramolecular Hbond substituents is 1. The fourth-order valence-corrected chi connectivity index (χ4v) is 1.38. The van der Waals surface area contributed by atoms with Gasteiger partial charge in [-0.05, 0) is 12.1 Å². The molecule has 1 rings (SSSR count). The lowest BCUT2D eigenvalue weighted by Gasteiger charge is -2.10. The summed E-state index contributed by atoms with van der Waals surface area (Å²) in [5.74, 6) is -0.587. The fraction of sp³-hybridized carbons (Fsp3) is 0.333. The molecular weight excluding hydrogens is 206 g/mol. The van der Waals surface area contributed by atoms with Gasteiger partial charge in [0.1, 0.15) is 0 Å². The minimum Gasteiger partial charge on any atom is -0.504 e. The molecule has 1 unspecified atom stereocenters. The maximum absolute atomic E-state index is 11.9. The number of rotatable bonds is 4. The van der Waals surface area contributed by atoms with Crippen LogP contribution in [0.5, 0.6) is 11.5 Å². The van der Waals surface area contributed by atoms with Gasteiger partial charge in [0.2, 0.25) is 0 Å². The maximum atomic E-state index is 11.9. The monoisotopic (exact) mass is 219 g/mol. The topological polar surface area (TPSA) is 70.3 Å². The summed E-state index contributed by atoms with van der Waals surface area (Å²) in [6, 6.07) is 6.65. The number of aromatic hydroxyl groups is 1. The Morgan fingerprint density at radius 1 is 1.62 bits per heavy atom. The van der Waals surface area contributed by atoms with Crippen LogP contribution in [0, 0.1) is 17.2 Å². The molecule has 84 valence electrons. The molecule has 0 bridgehead atoms. The van der Waals surface area contributed by atoms with E-state index >= 15 is 0 Å². The van der Waals surface area contributed by atoms with Gasteiger partial charge in [-0.15, -0.1) is 0 Å². The molecule has 1 aromatic rings. The van der Waals surface area contributed by atoms with Crippen molar-refractivity contribution < 1.29 is 14.6 Å². The van der Waals surface area contributed by atoms with Gasteiger partial charge in [0.15, 0.2) is 17.3 Å². The summed E-state index contributed by atoms with van der Waals surface area (Å²) >= 11 is 0. The number of para-hydroxylation sites is 1. The number of ether oxygens (including phenoxy) is 1. The predicted octanol–water partition coefficient (Wildman–Crippen LogP) is 2.13. The summed E-state index contributed by atoms with van der Waals surface area (Å²) in [4.78, 5) is 11.9. The Hall–Kier alpha value is -2.02. The van der Waals surface area contributed by atoms with Crippen LogP contribution in [0.2, 0.25) is 0 Å². The lowest BCUT2D eigenvalue weighted by atomic mass is 9.96. The van der Waals surface area contributed by atoms with E-state index in [9.17, 15) is 9.90 Å². The summed E-state index contributed by atoms with van der Waals surface area (Å²) in [7, 11) is 1.42. The third kappa shape index (κ3) is 2.31. The van der Waals surface area contributed by atoms with E-state index in [0.717, 1.165) is 0 Å². The predicted molar refractivity (Wildman–Crippen MR) is 58.4 cm³/mol. The Morgan fingerprint density at radius 3 is 2.88 bits per heavy atom. The van der Waals surface area contributed by atoms with Crippen LogP contribution in [0.4, 0.5) is 0 Å². The standard InChI is InChI=1S/C12H13NO3/c1-8(6-7-13)11(14)9-4-3-5-10(16-2)12(9)15/h3-5,8,15H,6H2,1-2H3. The van der Waals surface area contributed by atoms with Gasteiger partial charge in [-0.25, -0.2) is 0 Å². The van der Waals surface area contributed by atoms with Gasteiger partial charge in [-0.3, -0.25) is 4.79 Å². The molecule has 16 heavy (non-hydrogen) atoms. The smallest absolute Gasteiger partial charge is 0.170 e. The highest BCUT2D eigenvalue weighted by Gasteiger charge is 2.20. The van der Waals surface area contributed by atoms with Crippen molar-refractivity contribution in [1.29, 1.82) is 5.26 Å². The molecule has 0 aromatic heterocycles. The molecule has 0 aliphatic carbocycles. The van der Waals surface area contributed by atoms with Gasteiger partial charge < -0.3 is 9.84 Å². The second-order valence-electron chi connectivity index (χ2n) is 3.48. The average Bonchev–Trinajstić information content (AvgIpc) is 2.29. The van der Waals surface area contributed by atoms with Gasteiger partial charge in [0.05, 0.1) is 18.7 Å². The van der Waals surface area contributed by atoms with E-state index < -0.39 is 5.92 Å². The summed E-state index contributed by atoms with van der Waals surface area (Å²) < 4.78 is 4.91. The van der Waals surface area contributed by atoms with Crippen LogP contribution in [0.1, 0.15) is 23.7 Å². The minimum absolute atomic E-state index is 0.134. The van der Waals surface area contributed by atoms with Crippen LogP contribution in [-0.4, -0.2) is 18.0 Å². The van der Waals surface area contributed by atoms with E-state index in [1.165, 1.54) is 13.2 Å². The highest BCUT2D eigenvalue weighted by atomic mass is 16.5. The summed E-state index contributed by atoms with van der Waals surface area (Å²) in [5, 5.41) is 18.3. The molecule has 1 atom stereocenters. The molecule has 0 heterocycles. The quantitative estimate of drug-likeness (QED) is 0.787. The van der Waals surface area contributed by atoms with Crippen LogP contribution in [0.25, 0.3) is 0 Å². The molecule has 1 aromatic carbocycles. The lowest BCUT2D eigenvalue weighted by molar-refractivity contribution is 0.0928. The molecule has 0 fully saturated rings. The molecule has 0 aliphatic heterocycles. The van der Waals surface area contributed by atoms with Crippen LogP contribution in [-0.2, 0) is 0 Å². The maximum Gasteiger partial charge on any atom is 0.170 e. The number of methoxy groups -OCH3 is 1. The van der Waals surface area contributed by atoms with Crippen LogP contribution in [0.3, 0.4) is 0 Å². The molecule has 0 amide bonds. The highest BCUT2D eigenvalue weighted by Crippen LogP contribution is 2.31. The second-order valence-corrected chi connectivity index (χ2v) is 3.48. The summed E-state index contributed by atoms with van der Waals surface area (Å²) in [6.07, 6.45) is 0.134. The fourth-order valence-electron chi connectivity index (χ4n) is 1.38. The SMILES string of the molecule is COc1cccc(C(=O)C(C)CC#N)c1O. The first-order chi connectivity index (χ1) is 7.61. The van der Waals surface area contributed by atoms with Crippen LogP contribution in [0.15, 0.2) is 18.2 Å². The molecule has 0 radical (unpaired) electrons. The summed E-state index contributed by atoms with van der Waals surface area (Å²) in [5.41, 5.74) is 0.196. The average molecular weight is 219 g/mol. The number of carbonyl (C=O) groups is 1. The lowest BCUT2D eigenvalue weighted by Crippen LogP contribution is -2.11. The van der Waals surface area contributed by atoms with E-state index in [2.05, 4.69) is 0 Å². The first-order valence-electron chi connectivity index (χ1n) is 4.89. The number of phenols is 1. The second kappa shape index (κ2) is 5.17. The molecular formula is C12H13NO3. The zero-order valence-electron chi connectivity index (χ0n) is 9.23. The third-order valence-corrected chi connectivity index (χ3v) is 2.33. The van der Waals surface area contributed by atoms with E-state index in [-0.39, 0.29) is 29.3 Å². The first kappa shape index (κ1) is 12.1. The van der Waals surface area contributed by atoms with Crippen molar-refractivity contribution in [3.8, 4) is 17.6 Å². The van der Waals surface area contributed by atoms with Gasteiger partial charge in [-0.2, -0.15) is 5.26 Å². The van der Waals surface area contributed by atoms with Gasteiger partial charge in [0, 0.05) is 12.3 Å². The minimum atomic E-state index is -0.428. The first-order valence-corrected chi connectivity index (χ1v) is 4.89. The molecule has 0 aliphatic rings. The largest absolute Gasteiger partial charge is 0.504 e. The van der Waals surface area contributed by atoms with E-state index in [0.29, 0.717) is 0 Å². The molecule has 0 spiro atoms. The number of carbonyl (C=O) groups excluding carboxylic acids is 1. The van der Waals surface area contributed by atoms with E-state index in [1.54, 1.807) is 19.1 Å². The van der Waals surface area contributed by atoms with E-state index in [1.807, 2.05) is 6.07 Å². The Kier molecular flexibility index (Phi) is 3.90. The third-order valence-electron chi connectivity index (χ3n) is 2.33. The molecule has 0 saturated carbocycles. The van der Waals surface area contributed by atoms with Crippen molar-refractivity contribution in [1.82, 2.24) is 0 Å². The van der Waals surface area contributed by atoms with Gasteiger partial charge in [0.25, 0.3) is 0 Å². The van der Waals surface area contributed by atoms with Gasteiger partial charge >= 0.3 is 0 Å². The Morgan fingerprint density at radius 2 is 2.31 bits per heavy atom. The van der Waals surface area contributed by atoms with Crippen molar-refractivity contribution in [2.75, 3.05) is 7.11 Å². The molecule has 1 N–H and O–H groups in total. The number of ketones is 1. The number of hydrogen-bond acceptors (Lipinski definition) is 4. The van der Waals surface area contributed by atoms with E-state index in [4.69, 9.17) is 10.00 Å². The molecule has 4 nitrogen and oxygen atoms in total. The van der Waals surface area contributed by atoms with Crippen molar-refractivity contribution in [3.63, 3.8) is 0 Å². The van der Waals surface area contributed by atoms with Gasteiger partial charge in [-0.1, -0.05) is 13.0 Å². The van der Waals surface area contributed by atoms with Crippen molar-refractivity contribution in [2.45, 2.75) is 13.3 Å². The van der Waals surface area contributed by atoms with Crippen molar-refractivity contribution in [2.24, 2.45) is 5.92 Å². The van der Waals surface area contributed by atoms with Crippen molar-refractivity contribution in [3.05, 3.63) is 23.8 Å². The summed E-state index contributed by atoms with van der Waals surface area (Å²) in [6.45, 7) is 1.66. The molecule has 4 heteroatoms.